The number of hydrogen-bond donors (Lipinski definition) is 0. The molecule has 1 fully saturated rings. The van der Waals surface area contributed by atoms with E-state index in [1.54, 1.807) is 4.90 Å². The van der Waals surface area contributed by atoms with E-state index in [1.165, 1.54) is 32.2 Å². The number of rotatable bonds is 4. The second-order valence-corrected chi connectivity index (χ2v) is 5.05. The van der Waals surface area contributed by atoms with E-state index in [4.69, 9.17) is 4.74 Å². The molecule has 1 aromatic rings. The maximum Gasteiger partial charge on any atom is 0.254 e. The highest BCUT2D eigenvalue weighted by molar-refractivity contribution is 5.95. The maximum absolute atomic E-state index is 13.4. The van der Waals surface area contributed by atoms with Gasteiger partial charge in [0.15, 0.2) is 11.6 Å². The number of benzene rings is 1. The highest BCUT2D eigenvalue weighted by Gasteiger charge is 2.30. The van der Waals surface area contributed by atoms with Gasteiger partial charge in [-0.25, -0.2) is 4.39 Å². The Morgan fingerprint density at radius 3 is 2.85 bits per heavy atom. The van der Waals surface area contributed by atoms with Gasteiger partial charge in [-0.2, -0.15) is 0 Å². The van der Waals surface area contributed by atoms with E-state index in [0.29, 0.717) is 18.5 Å². The minimum atomic E-state index is -0.495. The summed E-state index contributed by atoms with van der Waals surface area (Å²) in [7, 11) is 1.36. The van der Waals surface area contributed by atoms with Crippen LogP contribution in [-0.2, 0) is 4.79 Å². The fraction of sp³-hybridized carbons (Fsp3) is 0.467. The zero-order valence-corrected chi connectivity index (χ0v) is 11.7. The molecule has 1 atom stereocenters. The highest BCUT2D eigenvalue weighted by atomic mass is 19.1. The minimum absolute atomic E-state index is 0.0453. The van der Waals surface area contributed by atoms with E-state index in [9.17, 15) is 14.0 Å². The third kappa shape index (κ3) is 2.98. The third-order valence-electron chi connectivity index (χ3n) is 3.56. The first-order chi connectivity index (χ1) is 9.52. The molecule has 4 nitrogen and oxygen atoms in total. The van der Waals surface area contributed by atoms with Crippen LogP contribution in [0.15, 0.2) is 18.2 Å². The predicted molar refractivity (Wildman–Crippen MR) is 72.3 cm³/mol. The van der Waals surface area contributed by atoms with Crippen molar-refractivity contribution < 1.29 is 18.7 Å². The molecule has 0 bridgehead atoms. The van der Waals surface area contributed by atoms with E-state index in [2.05, 4.69) is 0 Å². The standard InChI is InChI=1S/C15H18FNO3/c1-10(18)8-12-4-3-7-17(12)15(19)11-5-6-13(16)14(9-11)20-2/h5-6,9,12H,3-4,7-8H2,1-2H3. The van der Waals surface area contributed by atoms with Gasteiger partial charge in [0.2, 0.25) is 0 Å². The van der Waals surface area contributed by atoms with Crippen molar-refractivity contribution >= 4 is 11.7 Å². The zero-order valence-electron chi connectivity index (χ0n) is 11.7. The van der Waals surface area contributed by atoms with Crippen LogP contribution in [0.1, 0.15) is 36.5 Å². The van der Waals surface area contributed by atoms with E-state index < -0.39 is 5.82 Å². The Bertz CT molecular complexity index is 530. The Kier molecular flexibility index (Phi) is 4.37. The quantitative estimate of drug-likeness (QED) is 0.850. The van der Waals surface area contributed by atoms with Crippen LogP contribution in [0.25, 0.3) is 0 Å². The lowest BCUT2D eigenvalue weighted by atomic mass is 10.1. The normalized spacial score (nSPS) is 18.1. The molecule has 0 N–H and O–H groups in total. The van der Waals surface area contributed by atoms with Crippen molar-refractivity contribution in [1.29, 1.82) is 0 Å². The van der Waals surface area contributed by atoms with E-state index >= 15 is 0 Å². The Hall–Kier alpha value is -1.91. The summed E-state index contributed by atoms with van der Waals surface area (Å²) in [6.07, 6.45) is 2.11. The number of carbonyl (C=O) groups excluding carboxylic acids is 2. The van der Waals surface area contributed by atoms with Crippen molar-refractivity contribution in [2.45, 2.75) is 32.2 Å². The first-order valence-electron chi connectivity index (χ1n) is 6.67. The molecule has 1 unspecified atom stereocenters. The van der Waals surface area contributed by atoms with Crippen LogP contribution in [0, 0.1) is 5.82 Å². The van der Waals surface area contributed by atoms with E-state index in [-0.39, 0.29) is 23.5 Å². The summed E-state index contributed by atoms with van der Waals surface area (Å²) in [5, 5.41) is 0. The summed E-state index contributed by atoms with van der Waals surface area (Å²) in [5.74, 6) is -0.539. The number of methoxy groups -OCH3 is 1. The molecular formula is C15H18FNO3. The molecule has 1 amide bonds. The lowest BCUT2D eigenvalue weighted by molar-refractivity contribution is -0.117. The molecule has 0 radical (unpaired) electrons. The number of amides is 1. The van der Waals surface area contributed by atoms with Crippen LogP contribution >= 0.6 is 0 Å². The molecule has 1 aromatic carbocycles. The third-order valence-corrected chi connectivity index (χ3v) is 3.56. The number of hydrogen-bond acceptors (Lipinski definition) is 3. The molecule has 108 valence electrons. The van der Waals surface area contributed by atoms with Crippen molar-refractivity contribution in [1.82, 2.24) is 4.90 Å². The number of halogens is 1. The summed E-state index contributed by atoms with van der Waals surface area (Å²) in [6, 6.07) is 4.03. The Morgan fingerprint density at radius 1 is 1.45 bits per heavy atom. The zero-order chi connectivity index (χ0) is 14.7. The molecule has 0 aromatic heterocycles. The van der Waals surface area contributed by atoms with Gasteiger partial charge < -0.3 is 9.64 Å². The van der Waals surface area contributed by atoms with Gasteiger partial charge in [0.05, 0.1) is 7.11 Å². The molecule has 0 aliphatic carbocycles. The first kappa shape index (κ1) is 14.5. The second kappa shape index (κ2) is 6.03. The molecule has 5 heteroatoms. The summed E-state index contributed by atoms with van der Waals surface area (Å²) < 4.78 is 18.3. The first-order valence-corrected chi connectivity index (χ1v) is 6.67. The smallest absolute Gasteiger partial charge is 0.254 e. The van der Waals surface area contributed by atoms with Crippen molar-refractivity contribution in [3.8, 4) is 5.75 Å². The molecule has 1 heterocycles. The fourth-order valence-electron chi connectivity index (χ4n) is 2.61. The van der Waals surface area contributed by atoms with Crippen LogP contribution in [0.3, 0.4) is 0 Å². The Balaban J connectivity index is 2.20. The Labute approximate surface area is 117 Å². The number of carbonyl (C=O) groups is 2. The summed E-state index contributed by atoms with van der Waals surface area (Å²) in [4.78, 5) is 25.4. The number of ether oxygens (including phenoxy) is 1. The summed E-state index contributed by atoms with van der Waals surface area (Å²) >= 11 is 0. The second-order valence-electron chi connectivity index (χ2n) is 5.05. The number of nitrogens with zero attached hydrogens (tertiary/aromatic N) is 1. The topological polar surface area (TPSA) is 46.6 Å². The van der Waals surface area contributed by atoms with Crippen molar-refractivity contribution in [2.24, 2.45) is 0 Å². The average molecular weight is 279 g/mol. The van der Waals surface area contributed by atoms with Gasteiger partial charge in [-0.05, 0) is 38.0 Å². The summed E-state index contributed by atoms with van der Waals surface area (Å²) in [6.45, 7) is 2.17. The van der Waals surface area contributed by atoms with Crippen LogP contribution in [0.2, 0.25) is 0 Å². The van der Waals surface area contributed by atoms with Crippen molar-refractivity contribution in [3.05, 3.63) is 29.6 Å². The van der Waals surface area contributed by atoms with Gasteiger partial charge in [0, 0.05) is 24.6 Å². The van der Waals surface area contributed by atoms with Crippen LogP contribution in [0.5, 0.6) is 5.75 Å². The van der Waals surface area contributed by atoms with Gasteiger partial charge >= 0.3 is 0 Å². The molecule has 1 saturated heterocycles. The fourth-order valence-corrected chi connectivity index (χ4v) is 2.61. The lowest BCUT2D eigenvalue weighted by Gasteiger charge is -2.24. The SMILES string of the molecule is COc1cc(C(=O)N2CCCC2CC(C)=O)ccc1F. The molecule has 1 aliphatic rings. The molecular weight excluding hydrogens is 261 g/mol. The maximum atomic E-state index is 13.4. The number of Topliss-reactive ketones (excluding diaryl/α,β-unsaturated/α-hetero) is 1. The van der Waals surface area contributed by atoms with E-state index in [1.807, 2.05) is 0 Å². The highest BCUT2D eigenvalue weighted by Crippen LogP contribution is 2.25. The minimum Gasteiger partial charge on any atom is -0.494 e. The summed E-state index contributed by atoms with van der Waals surface area (Å²) in [5.41, 5.74) is 0.388. The predicted octanol–water partition coefficient (Wildman–Crippen LogP) is 2.42. The van der Waals surface area contributed by atoms with Gasteiger partial charge in [-0.1, -0.05) is 0 Å². The number of likely N-dealkylation sites (tertiary alicyclic amines) is 1. The van der Waals surface area contributed by atoms with Gasteiger partial charge in [-0.3, -0.25) is 9.59 Å². The monoisotopic (exact) mass is 279 g/mol. The van der Waals surface area contributed by atoms with Gasteiger partial charge in [-0.15, -0.1) is 0 Å². The Morgan fingerprint density at radius 2 is 2.20 bits per heavy atom. The van der Waals surface area contributed by atoms with Gasteiger partial charge in [0.25, 0.3) is 5.91 Å². The van der Waals surface area contributed by atoms with E-state index in [0.717, 1.165) is 12.8 Å². The van der Waals surface area contributed by atoms with Crippen LogP contribution < -0.4 is 4.74 Å². The van der Waals surface area contributed by atoms with Gasteiger partial charge in [0.1, 0.15) is 5.78 Å². The van der Waals surface area contributed by atoms with Crippen molar-refractivity contribution in [2.75, 3.05) is 13.7 Å². The molecule has 20 heavy (non-hydrogen) atoms. The van der Waals surface area contributed by atoms with Crippen molar-refractivity contribution in [3.63, 3.8) is 0 Å². The number of ketones is 1. The molecule has 0 spiro atoms. The molecule has 0 saturated carbocycles. The molecule has 1 aliphatic heterocycles. The van der Waals surface area contributed by atoms with Crippen LogP contribution in [-0.4, -0.2) is 36.3 Å². The molecule has 2 rings (SSSR count). The lowest BCUT2D eigenvalue weighted by Crippen LogP contribution is -2.36. The van der Waals surface area contributed by atoms with Crippen LogP contribution in [0.4, 0.5) is 4.39 Å². The average Bonchev–Trinajstić information content (AvgIpc) is 2.85. The largest absolute Gasteiger partial charge is 0.494 e.